The van der Waals surface area contributed by atoms with Gasteiger partial charge in [-0.15, -0.1) is 11.3 Å². The normalized spacial score (nSPS) is 11.5. The number of carbonyl (C=O) groups is 1. The fourth-order valence-electron chi connectivity index (χ4n) is 1.20. The largest absolute Gasteiger partial charge is 0.455 e. The smallest absolute Gasteiger partial charge is 0.358 e. The number of aromatic amines is 1. The minimum absolute atomic E-state index is 0.334. The van der Waals surface area contributed by atoms with E-state index in [2.05, 4.69) is 15.2 Å². The van der Waals surface area contributed by atoms with E-state index in [1.54, 1.807) is 17.8 Å². The summed E-state index contributed by atoms with van der Waals surface area (Å²) in [5.74, 6) is -0.400. The van der Waals surface area contributed by atoms with Crippen LogP contribution in [0.1, 0.15) is 31.3 Å². The van der Waals surface area contributed by atoms with E-state index in [9.17, 15) is 4.79 Å². The lowest BCUT2D eigenvalue weighted by Crippen LogP contribution is -2.24. The SMILES string of the molecule is CC(C)(C)OC(=O)c1csc(-c2cn[nH]c2)n1. The van der Waals surface area contributed by atoms with Crippen molar-refractivity contribution in [3.63, 3.8) is 0 Å². The van der Waals surface area contributed by atoms with Crippen LogP contribution in [0.3, 0.4) is 0 Å². The van der Waals surface area contributed by atoms with E-state index in [0.717, 1.165) is 10.6 Å². The monoisotopic (exact) mass is 251 g/mol. The second-order valence-corrected chi connectivity index (χ2v) is 5.38. The summed E-state index contributed by atoms with van der Waals surface area (Å²) in [7, 11) is 0. The zero-order valence-electron chi connectivity index (χ0n) is 9.85. The van der Waals surface area contributed by atoms with Crippen molar-refractivity contribution in [2.24, 2.45) is 0 Å². The van der Waals surface area contributed by atoms with E-state index in [1.807, 2.05) is 20.8 Å². The molecule has 6 heteroatoms. The van der Waals surface area contributed by atoms with Crippen molar-refractivity contribution in [3.8, 4) is 10.6 Å². The third-order valence-corrected chi connectivity index (χ3v) is 2.75. The van der Waals surface area contributed by atoms with Gasteiger partial charge < -0.3 is 4.74 Å². The van der Waals surface area contributed by atoms with Gasteiger partial charge in [-0.1, -0.05) is 0 Å². The van der Waals surface area contributed by atoms with Crippen LogP contribution in [-0.4, -0.2) is 26.8 Å². The van der Waals surface area contributed by atoms with Crippen molar-refractivity contribution >= 4 is 17.3 Å². The Morgan fingerprint density at radius 1 is 1.47 bits per heavy atom. The molecule has 0 aliphatic rings. The number of thiazole rings is 1. The number of rotatable bonds is 2. The van der Waals surface area contributed by atoms with Gasteiger partial charge in [0.15, 0.2) is 5.69 Å². The molecule has 17 heavy (non-hydrogen) atoms. The number of carbonyl (C=O) groups excluding carboxylic acids is 1. The van der Waals surface area contributed by atoms with Crippen molar-refractivity contribution in [2.75, 3.05) is 0 Å². The topological polar surface area (TPSA) is 67.9 Å². The average Bonchev–Trinajstić information content (AvgIpc) is 2.86. The van der Waals surface area contributed by atoms with Crippen LogP contribution in [0.5, 0.6) is 0 Å². The molecule has 90 valence electrons. The van der Waals surface area contributed by atoms with E-state index < -0.39 is 11.6 Å². The first-order valence-electron chi connectivity index (χ1n) is 5.14. The van der Waals surface area contributed by atoms with Crippen molar-refractivity contribution < 1.29 is 9.53 Å². The second-order valence-electron chi connectivity index (χ2n) is 4.53. The summed E-state index contributed by atoms with van der Waals surface area (Å²) >= 11 is 1.39. The summed E-state index contributed by atoms with van der Waals surface area (Å²) in [6.45, 7) is 5.48. The molecule has 0 saturated carbocycles. The molecule has 0 fully saturated rings. The molecule has 5 nitrogen and oxygen atoms in total. The van der Waals surface area contributed by atoms with Crippen LogP contribution in [0, 0.1) is 0 Å². The molecule has 2 aromatic heterocycles. The van der Waals surface area contributed by atoms with Crippen LogP contribution >= 0.6 is 11.3 Å². The maximum absolute atomic E-state index is 11.7. The van der Waals surface area contributed by atoms with Gasteiger partial charge in [0.1, 0.15) is 10.6 Å². The Kier molecular flexibility index (Phi) is 2.97. The molecule has 0 bridgehead atoms. The number of hydrogen-bond acceptors (Lipinski definition) is 5. The van der Waals surface area contributed by atoms with Crippen molar-refractivity contribution in [1.82, 2.24) is 15.2 Å². The number of aromatic nitrogens is 3. The highest BCUT2D eigenvalue weighted by Gasteiger charge is 2.20. The van der Waals surface area contributed by atoms with E-state index in [4.69, 9.17) is 4.74 Å². The summed E-state index contributed by atoms with van der Waals surface area (Å²) in [6.07, 6.45) is 3.40. The Morgan fingerprint density at radius 2 is 2.24 bits per heavy atom. The highest BCUT2D eigenvalue weighted by molar-refractivity contribution is 7.13. The Hall–Kier alpha value is -1.69. The van der Waals surface area contributed by atoms with Crippen LogP contribution in [-0.2, 0) is 4.74 Å². The van der Waals surface area contributed by atoms with E-state index in [-0.39, 0.29) is 0 Å². The van der Waals surface area contributed by atoms with E-state index in [0.29, 0.717) is 5.69 Å². The highest BCUT2D eigenvalue weighted by Crippen LogP contribution is 2.23. The number of H-pyrrole nitrogens is 1. The molecule has 0 unspecified atom stereocenters. The Bertz CT molecular complexity index is 511. The number of hydrogen-bond donors (Lipinski definition) is 1. The van der Waals surface area contributed by atoms with Gasteiger partial charge in [-0.05, 0) is 20.8 Å². The highest BCUT2D eigenvalue weighted by atomic mass is 32.1. The van der Waals surface area contributed by atoms with Gasteiger partial charge in [0.25, 0.3) is 0 Å². The van der Waals surface area contributed by atoms with Crippen LogP contribution in [0.2, 0.25) is 0 Å². The third kappa shape index (κ3) is 2.91. The number of ether oxygens (including phenoxy) is 1. The van der Waals surface area contributed by atoms with Crippen LogP contribution < -0.4 is 0 Å². The molecule has 0 saturated heterocycles. The van der Waals surface area contributed by atoms with Gasteiger partial charge in [0.2, 0.25) is 0 Å². The lowest BCUT2D eigenvalue weighted by molar-refractivity contribution is 0.00638. The van der Waals surface area contributed by atoms with Crippen molar-refractivity contribution in [2.45, 2.75) is 26.4 Å². The molecule has 1 N–H and O–H groups in total. The van der Waals surface area contributed by atoms with E-state index in [1.165, 1.54) is 11.3 Å². The molecular formula is C11H13N3O2S. The molecule has 0 aromatic carbocycles. The molecule has 0 aliphatic heterocycles. The fourth-order valence-corrected chi connectivity index (χ4v) is 1.97. The van der Waals surface area contributed by atoms with Crippen LogP contribution in [0.25, 0.3) is 10.6 Å². The van der Waals surface area contributed by atoms with Gasteiger partial charge in [-0.2, -0.15) is 5.10 Å². The summed E-state index contributed by atoms with van der Waals surface area (Å²) in [5.41, 5.74) is 0.696. The summed E-state index contributed by atoms with van der Waals surface area (Å²) in [5, 5.41) is 8.98. The first kappa shape index (κ1) is 11.8. The minimum Gasteiger partial charge on any atom is -0.455 e. The van der Waals surface area contributed by atoms with E-state index >= 15 is 0 Å². The molecule has 2 heterocycles. The quantitative estimate of drug-likeness (QED) is 0.833. The van der Waals surface area contributed by atoms with Gasteiger partial charge in [0, 0.05) is 17.1 Å². The lowest BCUT2D eigenvalue weighted by atomic mass is 10.2. The zero-order chi connectivity index (χ0) is 12.5. The Balaban J connectivity index is 2.16. The average molecular weight is 251 g/mol. The fraction of sp³-hybridized carbons (Fsp3) is 0.364. The maximum Gasteiger partial charge on any atom is 0.358 e. The van der Waals surface area contributed by atoms with Gasteiger partial charge in [0.05, 0.1) is 6.20 Å². The standard InChI is InChI=1S/C11H13N3O2S/c1-11(2,3)16-10(15)8-6-17-9(14-8)7-4-12-13-5-7/h4-6H,1-3H3,(H,12,13). The molecule has 0 amide bonds. The summed E-state index contributed by atoms with van der Waals surface area (Å²) in [4.78, 5) is 16.0. The van der Waals surface area contributed by atoms with Gasteiger partial charge in [-0.3, -0.25) is 5.10 Å². The van der Waals surface area contributed by atoms with Crippen LogP contribution in [0.4, 0.5) is 0 Å². The predicted octanol–water partition coefficient (Wildman–Crippen LogP) is 2.49. The zero-order valence-corrected chi connectivity index (χ0v) is 10.7. The molecular weight excluding hydrogens is 238 g/mol. The molecule has 0 radical (unpaired) electrons. The molecule has 2 aromatic rings. The number of nitrogens with zero attached hydrogens (tertiary/aromatic N) is 2. The summed E-state index contributed by atoms with van der Waals surface area (Å²) in [6, 6.07) is 0. The first-order valence-corrected chi connectivity index (χ1v) is 6.02. The minimum atomic E-state index is -0.503. The van der Waals surface area contributed by atoms with Gasteiger partial charge in [-0.25, -0.2) is 9.78 Å². The predicted molar refractivity (Wildman–Crippen MR) is 64.9 cm³/mol. The Labute approximate surface area is 103 Å². The van der Waals surface area contributed by atoms with Crippen molar-refractivity contribution in [1.29, 1.82) is 0 Å². The van der Waals surface area contributed by atoms with Gasteiger partial charge >= 0.3 is 5.97 Å². The number of esters is 1. The molecule has 2 rings (SSSR count). The molecule has 0 aliphatic carbocycles. The third-order valence-electron chi connectivity index (χ3n) is 1.86. The maximum atomic E-state index is 11.7. The first-order chi connectivity index (χ1) is 7.96. The van der Waals surface area contributed by atoms with Crippen molar-refractivity contribution in [3.05, 3.63) is 23.5 Å². The lowest BCUT2D eigenvalue weighted by Gasteiger charge is -2.18. The molecule has 0 spiro atoms. The second kappa shape index (κ2) is 4.29. The summed E-state index contributed by atoms with van der Waals surface area (Å²) < 4.78 is 5.24. The number of nitrogens with one attached hydrogen (secondary N) is 1. The Morgan fingerprint density at radius 3 is 2.82 bits per heavy atom. The molecule has 0 atom stereocenters. The van der Waals surface area contributed by atoms with Crippen LogP contribution in [0.15, 0.2) is 17.8 Å².